The fourth-order valence-electron chi connectivity index (χ4n) is 2.50. The van der Waals surface area contributed by atoms with Crippen LogP contribution in [-0.2, 0) is 9.59 Å². The van der Waals surface area contributed by atoms with Gasteiger partial charge in [0.05, 0.1) is 12.5 Å². The Morgan fingerprint density at radius 3 is 2.59 bits per heavy atom. The van der Waals surface area contributed by atoms with Crippen LogP contribution in [-0.4, -0.2) is 35.8 Å². The third-order valence-electron chi connectivity index (χ3n) is 3.54. The quantitative estimate of drug-likeness (QED) is 0.738. The molecule has 17 heavy (non-hydrogen) atoms. The molecule has 1 fully saturated rings. The van der Waals surface area contributed by atoms with Gasteiger partial charge >= 0.3 is 0 Å². The predicted molar refractivity (Wildman–Crippen MR) is 66.0 cm³/mol. The van der Waals surface area contributed by atoms with E-state index in [0.717, 1.165) is 19.3 Å². The number of carbonyl (C=O) groups is 2. The van der Waals surface area contributed by atoms with Crippen LogP contribution in [0.5, 0.6) is 0 Å². The van der Waals surface area contributed by atoms with Crippen molar-refractivity contribution in [2.75, 3.05) is 7.05 Å². The Hall–Kier alpha value is -1.10. The molecule has 0 heterocycles. The van der Waals surface area contributed by atoms with Crippen LogP contribution in [0.3, 0.4) is 0 Å². The fourth-order valence-corrected chi connectivity index (χ4v) is 2.50. The Morgan fingerprint density at radius 2 is 2.06 bits per heavy atom. The van der Waals surface area contributed by atoms with Crippen molar-refractivity contribution in [1.82, 2.24) is 4.90 Å². The van der Waals surface area contributed by atoms with Gasteiger partial charge in [0, 0.05) is 13.1 Å². The first kappa shape index (κ1) is 14.0. The molecular weight excluding hydrogens is 218 g/mol. The summed E-state index contributed by atoms with van der Waals surface area (Å²) in [5.74, 6) is -0.0597. The van der Waals surface area contributed by atoms with Gasteiger partial charge < -0.3 is 16.4 Å². The summed E-state index contributed by atoms with van der Waals surface area (Å²) in [7, 11) is 1.77. The van der Waals surface area contributed by atoms with Crippen molar-refractivity contribution in [2.45, 2.75) is 51.1 Å². The molecule has 5 heteroatoms. The predicted octanol–water partition coefficient (Wildman–Crippen LogP) is 0.226. The van der Waals surface area contributed by atoms with E-state index in [4.69, 9.17) is 11.5 Å². The number of nitrogens with zero attached hydrogens (tertiary/aromatic N) is 1. The molecular formula is C12H23N3O2. The van der Waals surface area contributed by atoms with Crippen LogP contribution in [0.4, 0.5) is 0 Å². The van der Waals surface area contributed by atoms with Gasteiger partial charge in [-0.05, 0) is 18.8 Å². The van der Waals surface area contributed by atoms with E-state index >= 15 is 0 Å². The van der Waals surface area contributed by atoms with Crippen molar-refractivity contribution >= 4 is 11.8 Å². The summed E-state index contributed by atoms with van der Waals surface area (Å²) in [6.45, 7) is 2.20. The Bertz CT molecular complexity index is 293. The highest BCUT2D eigenvalue weighted by atomic mass is 16.2. The van der Waals surface area contributed by atoms with E-state index in [0.29, 0.717) is 5.92 Å². The molecule has 0 aromatic carbocycles. The van der Waals surface area contributed by atoms with Crippen LogP contribution in [0.25, 0.3) is 0 Å². The van der Waals surface area contributed by atoms with Crippen molar-refractivity contribution in [3.05, 3.63) is 0 Å². The van der Waals surface area contributed by atoms with Crippen molar-refractivity contribution in [3.8, 4) is 0 Å². The van der Waals surface area contributed by atoms with Gasteiger partial charge in [-0.1, -0.05) is 19.8 Å². The van der Waals surface area contributed by atoms with Gasteiger partial charge in [-0.2, -0.15) is 0 Å². The monoisotopic (exact) mass is 241 g/mol. The minimum absolute atomic E-state index is 0.0779. The van der Waals surface area contributed by atoms with Crippen LogP contribution < -0.4 is 11.5 Å². The minimum Gasteiger partial charge on any atom is -0.370 e. The molecule has 0 bridgehead atoms. The second-order valence-electron chi connectivity index (χ2n) is 5.15. The maximum Gasteiger partial charge on any atom is 0.240 e. The standard InChI is InChI=1S/C12H23N3O2/c1-8-4-3-5-9(6-8)15(2)12(17)10(13)7-11(14)16/h8-10H,3-7,13H2,1-2H3,(H2,14,16). The molecule has 5 nitrogen and oxygen atoms in total. The topological polar surface area (TPSA) is 89.4 Å². The number of rotatable bonds is 4. The fraction of sp³-hybridized carbons (Fsp3) is 0.833. The van der Waals surface area contributed by atoms with Crippen molar-refractivity contribution in [3.63, 3.8) is 0 Å². The maximum atomic E-state index is 12.0. The molecule has 1 rings (SSSR count). The molecule has 0 aromatic heterocycles. The molecule has 0 spiro atoms. The average Bonchev–Trinajstić information content (AvgIpc) is 2.26. The highest BCUT2D eigenvalue weighted by Crippen LogP contribution is 2.26. The summed E-state index contributed by atoms with van der Waals surface area (Å²) < 4.78 is 0. The smallest absolute Gasteiger partial charge is 0.240 e. The normalized spacial score (nSPS) is 26.3. The number of hydrogen-bond acceptors (Lipinski definition) is 3. The molecule has 1 aliphatic rings. The lowest BCUT2D eigenvalue weighted by Gasteiger charge is -2.35. The number of likely N-dealkylation sites (N-methyl/N-ethyl adjacent to an activating group) is 1. The summed E-state index contributed by atoms with van der Waals surface area (Å²) in [6.07, 6.45) is 4.34. The summed E-state index contributed by atoms with van der Waals surface area (Å²) in [4.78, 5) is 24.4. The zero-order valence-corrected chi connectivity index (χ0v) is 10.7. The molecule has 0 saturated heterocycles. The molecule has 2 amide bonds. The molecule has 0 aliphatic heterocycles. The number of nitrogens with two attached hydrogens (primary N) is 2. The van der Waals surface area contributed by atoms with Crippen LogP contribution >= 0.6 is 0 Å². The molecule has 3 atom stereocenters. The van der Waals surface area contributed by atoms with E-state index in [-0.39, 0.29) is 18.4 Å². The zero-order chi connectivity index (χ0) is 13.0. The Labute approximate surface area is 103 Å². The van der Waals surface area contributed by atoms with E-state index in [1.807, 2.05) is 0 Å². The number of primary amides is 1. The van der Waals surface area contributed by atoms with E-state index in [1.54, 1.807) is 11.9 Å². The van der Waals surface area contributed by atoms with Gasteiger partial charge in [0.15, 0.2) is 0 Å². The first-order valence-corrected chi connectivity index (χ1v) is 6.22. The van der Waals surface area contributed by atoms with Crippen molar-refractivity contribution in [2.24, 2.45) is 17.4 Å². The Balaban J connectivity index is 2.53. The van der Waals surface area contributed by atoms with Gasteiger partial charge in [0.1, 0.15) is 0 Å². The first-order valence-electron chi connectivity index (χ1n) is 6.22. The van der Waals surface area contributed by atoms with Gasteiger partial charge in [-0.15, -0.1) is 0 Å². The van der Waals surface area contributed by atoms with Crippen LogP contribution in [0.1, 0.15) is 39.0 Å². The minimum atomic E-state index is -0.797. The lowest BCUT2D eigenvalue weighted by atomic mass is 9.86. The van der Waals surface area contributed by atoms with E-state index in [9.17, 15) is 9.59 Å². The second-order valence-corrected chi connectivity index (χ2v) is 5.15. The van der Waals surface area contributed by atoms with Crippen LogP contribution in [0.2, 0.25) is 0 Å². The van der Waals surface area contributed by atoms with Gasteiger partial charge in [-0.3, -0.25) is 9.59 Å². The molecule has 1 saturated carbocycles. The highest BCUT2D eigenvalue weighted by molar-refractivity contribution is 5.87. The largest absolute Gasteiger partial charge is 0.370 e. The molecule has 0 aromatic rings. The average molecular weight is 241 g/mol. The van der Waals surface area contributed by atoms with Crippen LogP contribution in [0.15, 0.2) is 0 Å². The third kappa shape index (κ3) is 4.00. The Kier molecular flexibility index (Phi) is 4.93. The van der Waals surface area contributed by atoms with E-state index in [2.05, 4.69) is 6.92 Å². The second kappa shape index (κ2) is 6.00. The summed E-state index contributed by atoms with van der Waals surface area (Å²) in [6, 6.07) is -0.542. The summed E-state index contributed by atoms with van der Waals surface area (Å²) in [5.41, 5.74) is 10.7. The highest BCUT2D eigenvalue weighted by Gasteiger charge is 2.28. The number of carbonyl (C=O) groups excluding carboxylic acids is 2. The lowest BCUT2D eigenvalue weighted by molar-refractivity contribution is -0.136. The third-order valence-corrected chi connectivity index (χ3v) is 3.54. The van der Waals surface area contributed by atoms with Crippen molar-refractivity contribution in [1.29, 1.82) is 0 Å². The van der Waals surface area contributed by atoms with Gasteiger partial charge in [0.25, 0.3) is 0 Å². The van der Waals surface area contributed by atoms with Gasteiger partial charge in [0.2, 0.25) is 11.8 Å². The SMILES string of the molecule is CC1CCCC(N(C)C(=O)C(N)CC(N)=O)C1. The first-order chi connectivity index (χ1) is 7.91. The molecule has 98 valence electrons. The molecule has 1 aliphatic carbocycles. The van der Waals surface area contributed by atoms with Gasteiger partial charge in [-0.25, -0.2) is 0 Å². The Morgan fingerprint density at radius 1 is 1.41 bits per heavy atom. The van der Waals surface area contributed by atoms with E-state index in [1.165, 1.54) is 6.42 Å². The molecule has 4 N–H and O–H groups in total. The summed E-state index contributed by atoms with van der Waals surface area (Å²) >= 11 is 0. The van der Waals surface area contributed by atoms with Crippen molar-refractivity contribution < 1.29 is 9.59 Å². The molecule has 0 radical (unpaired) electrons. The summed E-state index contributed by atoms with van der Waals surface area (Å²) in [5, 5.41) is 0. The van der Waals surface area contributed by atoms with E-state index < -0.39 is 11.9 Å². The number of amides is 2. The lowest BCUT2D eigenvalue weighted by Crippen LogP contribution is -2.49. The zero-order valence-electron chi connectivity index (χ0n) is 10.7. The molecule has 3 unspecified atom stereocenters. The van der Waals surface area contributed by atoms with Crippen LogP contribution in [0, 0.1) is 5.92 Å². The maximum absolute atomic E-state index is 12.0. The number of hydrogen-bond donors (Lipinski definition) is 2.